The monoisotopic (exact) mass is 540 g/mol. The lowest BCUT2D eigenvalue weighted by Crippen LogP contribution is -2.48. The number of sulfonamides is 1. The first kappa shape index (κ1) is 30.6. The number of halogens is 6. The van der Waals surface area contributed by atoms with E-state index >= 15 is 0 Å². The van der Waals surface area contributed by atoms with Crippen LogP contribution < -0.4 is 0 Å². The van der Waals surface area contributed by atoms with Crippen LogP contribution in [0, 0.1) is 5.92 Å². The average molecular weight is 540 g/mol. The summed E-state index contributed by atoms with van der Waals surface area (Å²) in [6.45, 7) is 3.96. The molecule has 2 aliphatic heterocycles. The van der Waals surface area contributed by atoms with Crippen molar-refractivity contribution in [3.05, 3.63) is 18.5 Å². The molecular formula is C18H26F6N4O6S. The Balaban J connectivity index is 0.000000362. The Morgan fingerprint density at radius 3 is 2.00 bits per heavy atom. The second-order valence-corrected chi connectivity index (χ2v) is 10.0. The largest absolute Gasteiger partial charge is 0.490 e. The summed E-state index contributed by atoms with van der Waals surface area (Å²) in [7, 11) is -0.878. The van der Waals surface area contributed by atoms with Gasteiger partial charge in [0.1, 0.15) is 0 Å². The molecule has 3 heterocycles. The zero-order valence-electron chi connectivity index (χ0n) is 18.7. The maximum absolute atomic E-state index is 12.1. The molecular weight excluding hydrogens is 514 g/mol. The Morgan fingerprint density at radius 2 is 1.60 bits per heavy atom. The van der Waals surface area contributed by atoms with Gasteiger partial charge in [-0.2, -0.15) is 31.4 Å². The van der Waals surface area contributed by atoms with Gasteiger partial charge in [0.15, 0.2) is 0 Å². The highest BCUT2D eigenvalue weighted by Crippen LogP contribution is 2.35. The summed E-state index contributed by atoms with van der Waals surface area (Å²) < 4.78 is 91.3. The normalized spacial score (nSPS) is 23.4. The Labute approximate surface area is 197 Å². The summed E-state index contributed by atoms with van der Waals surface area (Å²) in [4.78, 5) is 20.2. The van der Waals surface area contributed by atoms with Crippen molar-refractivity contribution in [3.63, 3.8) is 0 Å². The third kappa shape index (κ3) is 9.29. The number of alkyl halides is 6. The fourth-order valence-corrected chi connectivity index (χ4v) is 4.97. The number of fused-ring (bicyclic) bond motifs is 1. The molecule has 0 radical (unpaired) electrons. The van der Waals surface area contributed by atoms with Crippen LogP contribution in [0.25, 0.3) is 0 Å². The number of likely N-dealkylation sites (N-methyl/N-ethyl adjacent to an activating group) is 1. The van der Waals surface area contributed by atoms with Gasteiger partial charge in [-0.05, 0) is 38.8 Å². The molecule has 0 aromatic carbocycles. The maximum atomic E-state index is 12.1. The number of likely N-dealkylation sites (tertiary alicyclic amines) is 1. The number of carboxylic acids is 2. The molecule has 35 heavy (non-hydrogen) atoms. The first-order chi connectivity index (χ1) is 15.9. The second-order valence-electron chi connectivity index (χ2n) is 7.76. The standard InChI is InChI=1S/C14H24N4O2S.2C2HF3O2/c1-3-21(19,20)18-8-5-14-12(10-18)9-13(16(14)2)11-17-7-4-6-15-17;2*3-2(4,5)1(6)7/h4,6-7,12-14H,3,5,8-11H2,1-2H3;2*(H,6,7)/t12-,13+,14+;;/m1../s1. The van der Waals surface area contributed by atoms with Crippen molar-refractivity contribution in [3.8, 4) is 0 Å². The summed E-state index contributed by atoms with van der Waals surface area (Å²) >= 11 is 0. The molecule has 3 rings (SSSR count). The molecule has 2 aliphatic rings. The van der Waals surface area contributed by atoms with Crippen molar-refractivity contribution in [1.29, 1.82) is 0 Å². The Bertz CT molecular complexity index is 914. The third-order valence-electron chi connectivity index (χ3n) is 5.53. The molecule has 0 unspecified atom stereocenters. The van der Waals surface area contributed by atoms with Gasteiger partial charge in [0, 0.05) is 37.6 Å². The quantitative estimate of drug-likeness (QED) is 0.554. The van der Waals surface area contributed by atoms with E-state index in [9.17, 15) is 34.8 Å². The van der Waals surface area contributed by atoms with Crippen molar-refractivity contribution in [1.82, 2.24) is 19.0 Å². The molecule has 0 saturated carbocycles. The Kier molecular flexibility index (Phi) is 10.5. The van der Waals surface area contributed by atoms with Crippen molar-refractivity contribution >= 4 is 22.0 Å². The van der Waals surface area contributed by atoms with Gasteiger partial charge in [-0.15, -0.1) is 0 Å². The molecule has 10 nitrogen and oxygen atoms in total. The van der Waals surface area contributed by atoms with Crippen molar-refractivity contribution in [2.45, 2.75) is 50.7 Å². The van der Waals surface area contributed by atoms with Crippen LogP contribution in [0.2, 0.25) is 0 Å². The van der Waals surface area contributed by atoms with Gasteiger partial charge in [-0.1, -0.05) is 0 Å². The lowest BCUT2D eigenvalue weighted by Gasteiger charge is -2.36. The highest BCUT2D eigenvalue weighted by Gasteiger charge is 2.44. The highest BCUT2D eigenvalue weighted by atomic mass is 32.2. The molecule has 0 spiro atoms. The van der Waals surface area contributed by atoms with Gasteiger partial charge >= 0.3 is 24.3 Å². The minimum atomic E-state index is -5.08. The minimum Gasteiger partial charge on any atom is -0.475 e. The van der Waals surface area contributed by atoms with E-state index in [4.69, 9.17) is 19.8 Å². The van der Waals surface area contributed by atoms with Crippen LogP contribution in [0.15, 0.2) is 18.5 Å². The van der Waals surface area contributed by atoms with Crippen LogP contribution in [0.3, 0.4) is 0 Å². The van der Waals surface area contributed by atoms with Gasteiger partial charge in [0.2, 0.25) is 10.0 Å². The zero-order valence-corrected chi connectivity index (χ0v) is 19.5. The lowest BCUT2D eigenvalue weighted by molar-refractivity contribution is -0.193. The maximum Gasteiger partial charge on any atom is 0.490 e. The minimum absolute atomic E-state index is 0.205. The number of hydrogen-bond donors (Lipinski definition) is 2. The zero-order chi connectivity index (χ0) is 27.2. The van der Waals surface area contributed by atoms with Crippen LogP contribution in [0.4, 0.5) is 26.3 Å². The molecule has 2 saturated heterocycles. The lowest BCUT2D eigenvalue weighted by atomic mass is 9.93. The highest BCUT2D eigenvalue weighted by molar-refractivity contribution is 7.89. The predicted molar refractivity (Wildman–Crippen MR) is 109 cm³/mol. The molecule has 0 bridgehead atoms. The van der Waals surface area contributed by atoms with Crippen LogP contribution in [-0.2, 0) is 26.2 Å². The fraction of sp³-hybridized carbons (Fsp3) is 0.722. The number of nitrogens with zero attached hydrogens (tertiary/aromatic N) is 4. The van der Waals surface area contributed by atoms with Crippen LogP contribution in [0.1, 0.15) is 19.8 Å². The molecule has 1 aromatic heterocycles. The molecule has 17 heteroatoms. The summed E-state index contributed by atoms with van der Waals surface area (Å²) in [6, 6.07) is 2.90. The number of carbonyl (C=O) groups is 2. The molecule has 202 valence electrons. The number of piperidine rings is 1. The van der Waals surface area contributed by atoms with E-state index in [0.29, 0.717) is 31.1 Å². The number of rotatable bonds is 4. The SMILES string of the molecule is CCS(=O)(=O)N1CC[C@H]2[C@H](C[C@@H](Cn3cccn3)N2C)C1.O=C(O)C(F)(F)F.O=C(O)C(F)(F)F. The van der Waals surface area contributed by atoms with E-state index in [0.717, 1.165) is 19.4 Å². The molecule has 0 aliphatic carbocycles. The number of aromatic nitrogens is 2. The van der Waals surface area contributed by atoms with Crippen LogP contribution >= 0.6 is 0 Å². The predicted octanol–water partition coefficient (Wildman–Crippen LogP) is 1.89. The Hall–Kier alpha value is -2.40. The number of carboxylic acid groups (broad SMARTS) is 2. The molecule has 0 amide bonds. The average Bonchev–Trinajstić information content (AvgIpc) is 3.35. The van der Waals surface area contributed by atoms with E-state index < -0.39 is 34.3 Å². The summed E-state index contributed by atoms with van der Waals surface area (Å²) in [5.41, 5.74) is 0. The van der Waals surface area contributed by atoms with Crippen LogP contribution in [-0.4, -0.2) is 99.9 Å². The number of hydrogen-bond acceptors (Lipinski definition) is 6. The fourth-order valence-electron chi connectivity index (χ4n) is 3.80. The van der Waals surface area contributed by atoms with E-state index in [1.165, 1.54) is 0 Å². The first-order valence-electron chi connectivity index (χ1n) is 10.2. The number of aliphatic carboxylic acids is 2. The first-order valence-corrected chi connectivity index (χ1v) is 11.8. The van der Waals surface area contributed by atoms with E-state index in [2.05, 4.69) is 17.0 Å². The summed E-state index contributed by atoms with van der Waals surface area (Å²) in [5.74, 6) is -4.86. The van der Waals surface area contributed by atoms with Gasteiger partial charge in [-0.25, -0.2) is 22.3 Å². The van der Waals surface area contributed by atoms with Gasteiger partial charge in [0.05, 0.1) is 12.3 Å². The second kappa shape index (κ2) is 12.0. The van der Waals surface area contributed by atoms with Crippen molar-refractivity contribution in [2.24, 2.45) is 5.92 Å². The topological polar surface area (TPSA) is 133 Å². The molecule has 3 atom stereocenters. The van der Waals surface area contributed by atoms with Gasteiger partial charge in [0.25, 0.3) is 0 Å². The van der Waals surface area contributed by atoms with E-state index in [1.807, 2.05) is 16.9 Å². The summed E-state index contributed by atoms with van der Waals surface area (Å²) in [5, 5.41) is 18.5. The third-order valence-corrected chi connectivity index (χ3v) is 7.38. The molecule has 2 N–H and O–H groups in total. The Morgan fingerprint density at radius 1 is 1.09 bits per heavy atom. The van der Waals surface area contributed by atoms with Crippen LogP contribution in [0.5, 0.6) is 0 Å². The van der Waals surface area contributed by atoms with Crippen molar-refractivity contribution in [2.75, 3.05) is 25.9 Å². The molecule has 1 aromatic rings. The summed E-state index contributed by atoms with van der Waals surface area (Å²) in [6.07, 6.45) is -4.38. The van der Waals surface area contributed by atoms with Crippen molar-refractivity contribution < 1.29 is 54.6 Å². The smallest absolute Gasteiger partial charge is 0.475 e. The molecule has 2 fully saturated rings. The van der Waals surface area contributed by atoms with Gasteiger partial charge < -0.3 is 10.2 Å². The van der Waals surface area contributed by atoms with E-state index in [-0.39, 0.29) is 5.75 Å². The van der Waals surface area contributed by atoms with Gasteiger partial charge in [-0.3, -0.25) is 9.58 Å². The van der Waals surface area contributed by atoms with E-state index in [1.54, 1.807) is 17.4 Å².